The summed E-state index contributed by atoms with van der Waals surface area (Å²) in [6.07, 6.45) is 7.01. The minimum absolute atomic E-state index is 0.130. The van der Waals surface area contributed by atoms with E-state index in [0.29, 0.717) is 5.69 Å². The van der Waals surface area contributed by atoms with Crippen LogP contribution in [0.2, 0.25) is 19.1 Å². The second-order valence-corrected chi connectivity index (χ2v) is 10.8. The molecular formula is C18H30F2NSiTi. The molecule has 0 atom stereocenters. The van der Waals surface area contributed by atoms with E-state index in [-0.39, 0.29) is 3.87 Å². The molecule has 0 aromatic heterocycles. The van der Waals surface area contributed by atoms with Crippen molar-refractivity contribution in [2.75, 3.05) is 18.0 Å². The average Bonchev–Trinajstić information content (AvgIpc) is 2.52. The molecule has 23 heavy (non-hydrogen) atoms. The Morgan fingerprint density at radius 2 is 1.65 bits per heavy atom. The first kappa shape index (κ1) is 20.9. The van der Waals surface area contributed by atoms with Crippen LogP contribution in [0.25, 0.3) is 0 Å². The van der Waals surface area contributed by atoms with Gasteiger partial charge in [-0.15, -0.1) is 0 Å². The molecule has 0 heterocycles. The number of halogens is 2. The van der Waals surface area contributed by atoms with Crippen LogP contribution in [-0.4, -0.2) is 21.9 Å². The zero-order valence-electron chi connectivity index (χ0n) is 14.8. The first-order valence-electron chi connectivity index (χ1n) is 8.91. The average molecular weight is 374 g/mol. The number of anilines is 1. The van der Waals surface area contributed by atoms with Crippen molar-refractivity contribution in [3.05, 3.63) is 23.8 Å². The van der Waals surface area contributed by atoms with Gasteiger partial charge in [0, 0.05) is 0 Å². The summed E-state index contributed by atoms with van der Waals surface area (Å²) in [5.41, 5.74) is 0.562. The van der Waals surface area contributed by atoms with Crippen LogP contribution in [0.3, 0.4) is 0 Å². The van der Waals surface area contributed by atoms with E-state index in [4.69, 9.17) is 0 Å². The molecule has 1 aromatic rings. The summed E-state index contributed by atoms with van der Waals surface area (Å²) < 4.78 is 28.0. The minimum atomic E-state index is -0.459. The predicted molar refractivity (Wildman–Crippen MR) is 95.3 cm³/mol. The van der Waals surface area contributed by atoms with Crippen molar-refractivity contribution in [1.82, 2.24) is 0 Å². The molecule has 1 aromatic carbocycles. The summed E-state index contributed by atoms with van der Waals surface area (Å²) in [6, 6.07) is 4.41. The fourth-order valence-electron chi connectivity index (χ4n) is 2.70. The Morgan fingerprint density at radius 1 is 1.00 bits per heavy atom. The predicted octanol–water partition coefficient (Wildman–Crippen LogP) is 4.79. The standard InChI is InChI=1S/C18H30F2NSi.Ti/c1-4-5-12-21(13-8-6-7-9-14-22(2)3)18-11-10-16(19)15-17(18)20;/h10-11,22H,4-9,12-14H2,1-3H3;. The topological polar surface area (TPSA) is 3.24 Å². The number of benzene rings is 1. The van der Waals surface area contributed by atoms with Gasteiger partial charge in [-0.05, 0) is 0 Å². The Bertz CT molecular complexity index is 469. The summed E-state index contributed by atoms with van der Waals surface area (Å²) in [4.78, 5) is 2.10. The van der Waals surface area contributed by atoms with E-state index < -0.39 is 20.4 Å². The quantitative estimate of drug-likeness (QED) is 0.398. The summed E-state index contributed by atoms with van der Waals surface area (Å²) in [6.45, 7) is 8.64. The molecule has 0 fully saturated rings. The molecule has 0 bridgehead atoms. The van der Waals surface area contributed by atoms with Gasteiger partial charge < -0.3 is 0 Å². The number of hydrogen-bond acceptors (Lipinski definition) is 1. The molecule has 1 rings (SSSR count). The molecular weight excluding hydrogens is 344 g/mol. The van der Waals surface area contributed by atoms with Crippen LogP contribution >= 0.6 is 0 Å². The molecule has 0 aliphatic heterocycles. The van der Waals surface area contributed by atoms with Crippen molar-refractivity contribution >= 4 is 18.4 Å². The van der Waals surface area contributed by atoms with Crippen molar-refractivity contribution in [2.45, 2.75) is 64.6 Å². The Kier molecular flexibility index (Phi) is 10.3. The Labute approximate surface area is 153 Å². The fourth-order valence-corrected chi connectivity index (χ4v) is 4.13. The second-order valence-electron chi connectivity index (χ2n) is 6.69. The van der Waals surface area contributed by atoms with Gasteiger partial charge in [0.25, 0.3) is 0 Å². The van der Waals surface area contributed by atoms with Gasteiger partial charge >= 0.3 is 154 Å². The van der Waals surface area contributed by atoms with Gasteiger partial charge in [-0.1, -0.05) is 0 Å². The first-order valence-corrected chi connectivity index (χ1v) is 12.8. The molecule has 0 saturated carbocycles. The Balaban J connectivity index is 2.58. The second kappa shape index (κ2) is 11.4. The van der Waals surface area contributed by atoms with Crippen LogP contribution in [0, 0.1) is 11.6 Å². The van der Waals surface area contributed by atoms with Crippen molar-refractivity contribution in [3.8, 4) is 0 Å². The molecule has 5 heteroatoms. The van der Waals surface area contributed by atoms with Gasteiger partial charge in [0.2, 0.25) is 0 Å². The zero-order chi connectivity index (χ0) is 17.2. The maximum atomic E-state index is 14.4. The third-order valence-electron chi connectivity index (χ3n) is 4.15. The summed E-state index contributed by atoms with van der Waals surface area (Å²) in [7, 11) is -0.419. The number of rotatable bonds is 11. The Hall–Kier alpha value is -0.189. The van der Waals surface area contributed by atoms with Crippen molar-refractivity contribution < 1.29 is 29.2 Å². The van der Waals surface area contributed by atoms with Gasteiger partial charge in [-0.3, -0.25) is 0 Å². The van der Waals surface area contributed by atoms with E-state index in [0.717, 1.165) is 32.4 Å². The van der Waals surface area contributed by atoms with E-state index in [1.807, 2.05) is 0 Å². The van der Waals surface area contributed by atoms with Crippen molar-refractivity contribution in [3.63, 3.8) is 0 Å². The third-order valence-corrected chi connectivity index (χ3v) is 6.43. The van der Waals surface area contributed by atoms with Gasteiger partial charge in [-0.25, -0.2) is 0 Å². The maximum absolute atomic E-state index is 14.4. The summed E-state index contributed by atoms with van der Waals surface area (Å²) in [5, 5.41) is 0. The molecule has 0 radical (unpaired) electrons. The van der Waals surface area contributed by atoms with E-state index in [1.165, 1.54) is 51.8 Å². The third kappa shape index (κ3) is 7.49. The fraction of sp³-hybridized carbons (Fsp3) is 0.667. The Morgan fingerprint density at radius 3 is 2.30 bits per heavy atom. The molecule has 129 valence electrons. The van der Waals surface area contributed by atoms with Crippen LogP contribution in [-0.2, 0) is 20.4 Å². The molecule has 0 N–H and O–H groups in total. The van der Waals surface area contributed by atoms with Crippen LogP contribution < -0.4 is 8.77 Å². The van der Waals surface area contributed by atoms with Crippen molar-refractivity contribution in [1.29, 1.82) is 0 Å². The molecule has 0 aliphatic rings. The molecule has 0 spiro atoms. The van der Waals surface area contributed by atoms with Crippen LogP contribution in [0.5, 0.6) is 0 Å². The molecule has 0 unspecified atom stereocenters. The van der Waals surface area contributed by atoms with Crippen LogP contribution in [0.1, 0.15) is 45.4 Å². The first-order chi connectivity index (χ1) is 11.0. The zero-order valence-corrected chi connectivity index (χ0v) is 17.5. The van der Waals surface area contributed by atoms with Crippen LogP contribution in [0.15, 0.2) is 12.1 Å². The van der Waals surface area contributed by atoms with Gasteiger partial charge in [0.1, 0.15) is 0 Å². The molecule has 0 saturated heterocycles. The number of unbranched alkanes of at least 4 members (excludes halogenated alkanes) is 4. The van der Waals surface area contributed by atoms with Crippen LogP contribution in [0.4, 0.5) is 14.5 Å². The SMILES string of the molecule is CCCCN(CCCCCC[SiH](C)C)c1ccc(F)[c]([Ti])c1F. The van der Waals surface area contributed by atoms with E-state index in [1.54, 1.807) is 6.07 Å². The molecule has 0 amide bonds. The molecule has 0 aliphatic carbocycles. The van der Waals surface area contributed by atoms with Crippen molar-refractivity contribution in [2.24, 2.45) is 0 Å². The van der Waals surface area contributed by atoms with E-state index >= 15 is 0 Å². The van der Waals surface area contributed by atoms with Gasteiger partial charge in [0.05, 0.1) is 0 Å². The summed E-state index contributed by atoms with van der Waals surface area (Å²) in [5.74, 6) is -0.855. The normalized spacial score (nSPS) is 11.2. The summed E-state index contributed by atoms with van der Waals surface area (Å²) >= 11 is 1.52. The van der Waals surface area contributed by atoms with E-state index in [2.05, 4.69) is 24.9 Å². The molecule has 1 nitrogen and oxygen atoms in total. The van der Waals surface area contributed by atoms with E-state index in [9.17, 15) is 8.78 Å². The van der Waals surface area contributed by atoms with Gasteiger partial charge in [-0.2, -0.15) is 0 Å². The van der Waals surface area contributed by atoms with Gasteiger partial charge in [0.15, 0.2) is 0 Å². The monoisotopic (exact) mass is 374 g/mol. The number of nitrogens with zero attached hydrogens (tertiary/aromatic N) is 1. The number of hydrogen-bond donors (Lipinski definition) is 0.